The van der Waals surface area contributed by atoms with Crippen LogP contribution in [0.2, 0.25) is 0 Å². The summed E-state index contributed by atoms with van der Waals surface area (Å²) in [5.41, 5.74) is 3.27. The van der Waals surface area contributed by atoms with Crippen molar-refractivity contribution in [1.29, 1.82) is 0 Å². The van der Waals surface area contributed by atoms with Gasteiger partial charge in [-0.2, -0.15) is 4.98 Å². The number of hydrogen-bond donors (Lipinski definition) is 1. The number of rotatable bonds is 2. The molecule has 4 rings (SSSR count). The van der Waals surface area contributed by atoms with Gasteiger partial charge in [0.2, 0.25) is 5.88 Å². The highest BCUT2D eigenvalue weighted by atomic mass is 16.5. The van der Waals surface area contributed by atoms with E-state index in [0.29, 0.717) is 11.5 Å². The lowest BCUT2D eigenvalue weighted by atomic mass is 10.2. The zero-order chi connectivity index (χ0) is 13.5. The van der Waals surface area contributed by atoms with Crippen LogP contribution in [0.15, 0.2) is 47.1 Å². The molecule has 0 unspecified atom stereocenters. The molecule has 98 valence electrons. The summed E-state index contributed by atoms with van der Waals surface area (Å²) >= 11 is 0. The van der Waals surface area contributed by atoms with Crippen molar-refractivity contribution in [1.82, 2.24) is 15.0 Å². The zero-order valence-corrected chi connectivity index (χ0v) is 10.8. The number of benzene rings is 1. The Hall–Kier alpha value is -2.82. The zero-order valence-electron chi connectivity index (χ0n) is 10.8. The van der Waals surface area contributed by atoms with Crippen LogP contribution < -0.4 is 4.74 Å². The van der Waals surface area contributed by atoms with Crippen molar-refractivity contribution >= 4 is 22.1 Å². The fourth-order valence-electron chi connectivity index (χ4n) is 2.28. The second-order valence-corrected chi connectivity index (χ2v) is 4.46. The molecule has 3 heterocycles. The standard InChI is InChI=1S/C15H11N3O2/c1-19-13-7-6-11-15(17-13)18-14(16-11)10-8-20-12-5-3-2-4-9(10)12/h2-8H,1H3,(H,16,17,18). The van der Waals surface area contributed by atoms with Crippen LogP contribution in [0.5, 0.6) is 5.88 Å². The molecular formula is C15H11N3O2. The molecule has 5 nitrogen and oxygen atoms in total. The number of aromatic amines is 1. The molecule has 0 aliphatic carbocycles. The van der Waals surface area contributed by atoms with Gasteiger partial charge in [-0.25, -0.2) is 4.98 Å². The number of ether oxygens (including phenoxy) is 1. The van der Waals surface area contributed by atoms with E-state index < -0.39 is 0 Å². The molecule has 0 atom stereocenters. The van der Waals surface area contributed by atoms with Crippen LogP contribution in [-0.4, -0.2) is 22.1 Å². The largest absolute Gasteiger partial charge is 0.481 e. The monoisotopic (exact) mass is 265 g/mol. The maximum absolute atomic E-state index is 5.54. The van der Waals surface area contributed by atoms with Crippen LogP contribution >= 0.6 is 0 Å². The second-order valence-electron chi connectivity index (χ2n) is 4.46. The van der Waals surface area contributed by atoms with Crippen molar-refractivity contribution in [3.63, 3.8) is 0 Å². The summed E-state index contributed by atoms with van der Waals surface area (Å²) in [6.07, 6.45) is 1.71. The van der Waals surface area contributed by atoms with Gasteiger partial charge in [-0.3, -0.25) is 0 Å². The lowest BCUT2D eigenvalue weighted by Crippen LogP contribution is -1.86. The second kappa shape index (κ2) is 4.09. The predicted molar refractivity (Wildman–Crippen MR) is 75.6 cm³/mol. The molecule has 0 spiro atoms. The average molecular weight is 265 g/mol. The fraction of sp³-hybridized carbons (Fsp3) is 0.0667. The minimum atomic E-state index is 0.549. The summed E-state index contributed by atoms with van der Waals surface area (Å²) in [7, 11) is 1.59. The molecular weight excluding hydrogens is 254 g/mol. The summed E-state index contributed by atoms with van der Waals surface area (Å²) in [5.74, 6) is 1.29. The van der Waals surface area contributed by atoms with Crippen molar-refractivity contribution < 1.29 is 9.15 Å². The first-order chi connectivity index (χ1) is 9.85. The van der Waals surface area contributed by atoms with E-state index in [2.05, 4.69) is 15.0 Å². The van der Waals surface area contributed by atoms with Gasteiger partial charge in [0.15, 0.2) is 5.65 Å². The number of aromatic nitrogens is 3. The minimum absolute atomic E-state index is 0.549. The lowest BCUT2D eigenvalue weighted by molar-refractivity contribution is 0.399. The predicted octanol–water partition coefficient (Wildman–Crippen LogP) is 3.38. The third-order valence-electron chi connectivity index (χ3n) is 3.27. The quantitative estimate of drug-likeness (QED) is 0.603. The Labute approximate surface area is 114 Å². The summed E-state index contributed by atoms with van der Waals surface area (Å²) in [4.78, 5) is 12.1. The number of fused-ring (bicyclic) bond motifs is 2. The van der Waals surface area contributed by atoms with Crippen molar-refractivity contribution in [2.75, 3.05) is 7.11 Å². The molecule has 1 N–H and O–H groups in total. The van der Waals surface area contributed by atoms with E-state index in [1.807, 2.05) is 30.3 Å². The lowest BCUT2D eigenvalue weighted by Gasteiger charge is -1.95. The van der Waals surface area contributed by atoms with Gasteiger partial charge in [0.05, 0.1) is 18.2 Å². The van der Waals surface area contributed by atoms with Gasteiger partial charge in [-0.1, -0.05) is 18.2 Å². The highest BCUT2D eigenvalue weighted by Crippen LogP contribution is 2.29. The SMILES string of the molecule is COc1ccc2[nH]c(-c3coc4ccccc34)nc2n1. The first-order valence-electron chi connectivity index (χ1n) is 6.22. The van der Waals surface area contributed by atoms with Crippen LogP contribution in [-0.2, 0) is 0 Å². The molecule has 3 aromatic heterocycles. The Kier molecular flexibility index (Phi) is 2.26. The number of H-pyrrole nitrogens is 1. The number of furan rings is 1. The van der Waals surface area contributed by atoms with E-state index in [1.165, 1.54) is 0 Å². The number of nitrogens with one attached hydrogen (secondary N) is 1. The van der Waals surface area contributed by atoms with E-state index in [0.717, 1.165) is 27.9 Å². The summed E-state index contributed by atoms with van der Waals surface area (Å²) < 4.78 is 10.6. The highest BCUT2D eigenvalue weighted by molar-refractivity contribution is 5.93. The first kappa shape index (κ1) is 11.0. The van der Waals surface area contributed by atoms with Gasteiger partial charge < -0.3 is 14.1 Å². The van der Waals surface area contributed by atoms with Crippen molar-refractivity contribution in [2.45, 2.75) is 0 Å². The molecule has 0 aliphatic heterocycles. The minimum Gasteiger partial charge on any atom is -0.481 e. The topological polar surface area (TPSA) is 63.9 Å². The maximum atomic E-state index is 5.54. The number of hydrogen-bond acceptors (Lipinski definition) is 4. The number of methoxy groups -OCH3 is 1. The van der Waals surface area contributed by atoms with Gasteiger partial charge in [-0.05, 0) is 12.1 Å². The van der Waals surface area contributed by atoms with Crippen LogP contribution in [0.1, 0.15) is 0 Å². The van der Waals surface area contributed by atoms with Crippen molar-refractivity contribution in [2.24, 2.45) is 0 Å². The molecule has 5 heteroatoms. The Morgan fingerprint density at radius 1 is 1.10 bits per heavy atom. The number of imidazole rings is 1. The number of nitrogens with zero attached hydrogens (tertiary/aromatic N) is 2. The van der Waals surface area contributed by atoms with Crippen molar-refractivity contribution in [3.8, 4) is 17.3 Å². The van der Waals surface area contributed by atoms with E-state index >= 15 is 0 Å². The smallest absolute Gasteiger partial charge is 0.215 e. The Morgan fingerprint density at radius 3 is 2.90 bits per heavy atom. The number of pyridine rings is 1. The molecule has 0 aliphatic rings. The molecule has 0 amide bonds. The Morgan fingerprint density at radius 2 is 2.00 bits per heavy atom. The average Bonchev–Trinajstić information content (AvgIpc) is 3.09. The van der Waals surface area contributed by atoms with E-state index in [-0.39, 0.29) is 0 Å². The van der Waals surface area contributed by atoms with E-state index in [9.17, 15) is 0 Å². The van der Waals surface area contributed by atoms with Crippen LogP contribution in [0.25, 0.3) is 33.5 Å². The number of para-hydroxylation sites is 1. The molecule has 20 heavy (non-hydrogen) atoms. The third-order valence-corrected chi connectivity index (χ3v) is 3.27. The summed E-state index contributed by atoms with van der Waals surface area (Å²) in [6.45, 7) is 0. The highest BCUT2D eigenvalue weighted by Gasteiger charge is 2.12. The van der Waals surface area contributed by atoms with Gasteiger partial charge in [0.1, 0.15) is 17.7 Å². The third kappa shape index (κ3) is 1.56. The molecule has 0 fully saturated rings. The van der Waals surface area contributed by atoms with Gasteiger partial charge in [0.25, 0.3) is 0 Å². The normalized spacial score (nSPS) is 11.2. The van der Waals surface area contributed by atoms with E-state index in [4.69, 9.17) is 9.15 Å². The van der Waals surface area contributed by atoms with Gasteiger partial charge in [-0.15, -0.1) is 0 Å². The molecule has 0 saturated heterocycles. The first-order valence-corrected chi connectivity index (χ1v) is 6.22. The van der Waals surface area contributed by atoms with Gasteiger partial charge in [0, 0.05) is 11.5 Å². The fourth-order valence-corrected chi connectivity index (χ4v) is 2.28. The summed E-state index contributed by atoms with van der Waals surface area (Å²) in [6, 6.07) is 11.6. The summed E-state index contributed by atoms with van der Waals surface area (Å²) in [5, 5.41) is 1.03. The Bertz CT molecular complexity index is 908. The molecule has 0 radical (unpaired) electrons. The molecule has 1 aromatic carbocycles. The molecule has 0 saturated carbocycles. The van der Waals surface area contributed by atoms with Crippen molar-refractivity contribution in [3.05, 3.63) is 42.7 Å². The molecule has 4 aromatic rings. The van der Waals surface area contributed by atoms with Crippen LogP contribution in [0, 0.1) is 0 Å². The van der Waals surface area contributed by atoms with E-state index in [1.54, 1.807) is 19.4 Å². The maximum Gasteiger partial charge on any atom is 0.215 e. The van der Waals surface area contributed by atoms with Gasteiger partial charge >= 0.3 is 0 Å². The van der Waals surface area contributed by atoms with Crippen LogP contribution in [0.3, 0.4) is 0 Å². The Balaban J connectivity index is 1.93. The molecule has 0 bridgehead atoms. The van der Waals surface area contributed by atoms with Crippen LogP contribution in [0.4, 0.5) is 0 Å².